The van der Waals surface area contributed by atoms with E-state index in [0.717, 1.165) is 50.3 Å². The fraction of sp³-hybridized carbons (Fsp3) is 0.632. The van der Waals surface area contributed by atoms with E-state index >= 15 is 0 Å². The Morgan fingerprint density at radius 1 is 1.21 bits per heavy atom. The number of amides is 1. The summed E-state index contributed by atoms with van der Waals surface area (Å²) in [4.78, 5) is 17.3. The number of anilines is 2. The highest BCUT2D eigenvalue weighted by Crippen LogP contribution is 2.28. The second-order valence-corrected chi connectivity index (χ2v) is 6.73. The van der Waals surface area contributed by atoms with Crippen molar-refractivity contribution in [3.8, 4) is 0 Å². The highest BCUT2D eigenvalue weighted by Gasteiger charge is 2.27. The normalized spacial score (nSPS) is 20.9. The van der Waals surface area contributed by atoms with Gasteiger partial charge in [-0.25, -0.2) is 0 Å². The number of nitrogens with two attached hydrogens (primary N) is 1. The van der Waals surface area contributed by atoms with Crippen LogP contribution in [-0.2, 0) is 4.74 Å². The molecule has 1 fully saturated rings. The van der Waals surface area contributed by atoms with Crippen LogP contribution in [-0.4, -0.2) is 49.2 Å². The van der Waals surface area contributed by atoms with Crippen molar-refractivity contribution in [2.75, 3.05) is 36.8 Å². The van der Waals surface area contributed by atoms with E-state index in [1.807, 2.05) is 23.1 Å². The first-order valence-electron chi connectivity index (χ1n) is 9.05. The van der Waals surface area contributed by atoms with Gasteiger partial charge in [-0.15, -0.1) is 0 Å². The minimum atomic E-state index is 0.0977. The van der Waals surface area contributed by atoms with Crippen LogP contribution in [0.5, 0.6) is 0 Å². The molecule has 0 aliphatic carbocycles. The van der Waals surface area contributed by atoms with Gasteiger partial charge in [0.2, 0.25) is 0 Å². The van der Waals surface area contributed by atoms with Crippen LogP contribution >= 0.6 is 0 Å². The van der Waals surface area contributed by atoms with Crippen molar-refractivity contribution in [2.24, 2.45) is 0 Å². The van der Waals surface area contributed by atoms with E-state index in [1.165, 1.54) is 0 Å². The predicted octanol–water partition coefficient (Wildman–Crippen LogP) is 3.14. The largest absolute Gasteiger partial charge is 0.399 e. The van der Waals surface area contributed by atoms with Crippen molar-refractivity contribution in [1.29, 1.82) is 0 Å². The number of nitrogens with zero attached hydrogens (tertiary/aromatic N) is 2. The van der Waals surface area contributed by atoms with Crippen LogP contribution in [0.25, 0.3) is 0 Å². The fourth-order valence-electron chi connectivity index (χ4n) is 3.39. The molecule has 5 nitrogen and oxygen atoms in total. The number of rotatable bonds is 6. The van der Waals surface area contributed by atoms with Gasteiger partial charge in [-0.1, -0.05) is 13.8 Å². The second-order valence-electron chi connectivity index (χ2n) is 6.73. The lowest BCUT2D eigenvalue weighted by Crippen LogP contribution is -2.46. The molecule has 0 radical (unpaired) electrons. The molecule has 0 aromatic heterocycles. The molecular formula is C19H31N3O2. The molecule has 1 aromatic carbocycles. The van der Waals surface area contributed by atoms with E-state index in [0.29, 0.717) is 5.69 Å². The molecule has 0 spiro atoms. The topological polar surface area (TPSA) is 58.8 Å². The van der Waals surface area contributed by atoms with Gasteiger partial charge in [0.1, 0.15) is 0 Å². The summed E-state index contributed by atoms with van der Waals surface area (Å²) in [6, 6.07) is 5.62. The van der Waals surface area contributed by atoms with E-state index in [2.05, 4.69) is 32.6 Å². The third-order valence-corrected chi connectivity index (χ3v) is 4.29. The molecule has 2 rings (SSSR count). The highest BCUT2D eigenvalue weighted by molar-refractivity contribution is 6.00. The minimum Gasteiger partial charge on any atom is -0.399 e. The van der Waals surface area contributed by atoms with Crippen LogP contribution in [0.1, 0.15) is 50.9 Å². The van der Waals surface area contributed by atoms with E-state index < -0.39 is 0 Å². The van der Waals surface area contributed by atoms with Crippen LogP contribution < -0.4 is 10.6 Å². The van der Waals surface area contributed by atoms with Crippen LogP contribution in [0.3, 0.4) is 0 Å². The Hall–Kier alpha value is -1.75. The maximum absolute atomic E-state index is 13.1. The average molecular weight is 333 g/mol. The molecule has 1 aliphatic heterocycles. The molecule has 5 heteroatoms. The zero-order valence-electron chi connectivity index (χ0n) is 15.4. The number of morpholine rings is 1. The standard InChI is InChI=1S/C19H31N3O2/c1-5-9-21(10-6-2)19(23)17-8-7-16(20)11-18(17)22-12-14(3)24-15(4)13-22/h7-8,11,14-15H,5-6,9-10,12-13,20H2,1-4H3. The number of nitrogen functional groups attached to an aromatic ring is 1. The Morgan fingerprint density at radius 3 is 2.33 bits per heavy atom. The fourth-order valence-corrected chi connectivity index (χ4v) is 3.39. The summed E-state index contributed by atoms with van der Waals surface area (Å²) >= 11 is 0. The number of hydrogen-bond acceptors (Lipinski definition) is 4. The first-order chi connectivity index (χ1) is 11.5. The maximum atomic E-state index is 13.1. The van der Waals surface area contributed by atoms with E-state index in [9.17, 15) is 4.79 Å². The number of carbonyl (C=O) groups excluding carboxylic acids is 1. The molecule has 1 aliphatic rings. The lowest BCUT2D eigenvalue weighted by molar-refractivity contribution is -0.00529. The Kier molecular flexibility index (Phi) is 6.49. The van der Waals surface area contributed by atoms with Gasteiger partial charge in [-0.2, -0.15) is 0 Å². The molecule has 2 N–H and O–H groups in total. The summed E-state index contributed by atoms with van der Waals surface area (Å²) in [6.45, 7) is 11.5. The summed E-state index contributed by atoms with van der Waals surface area (Å²) in [5.74, 6) is 0.0977. The van der Waals surface area contributed by atoms with E-state index in [1.54, 1.807) is 0 Å². The van der Waals surface area contributed by atoms with E-state index in [-0.39, 0.29) is 18.1 Å². The first kappa shape index (κ1) is 18.6. The van der Waals surface area contributed by atoms with Crippen molar-refractivity contribution in [2.45, 2.75) is 52.7 Å². The van der Waals surface area contributed by atoms with Gasteiger partial charge in [0.05, 0.1) is 23.5 Å². The van der Waals surface area contributed by atoms with E-state index in [4.69, 9.17) is 10.5 Å². The van der Waals surface area contributed by atoms with Gasteiger partial charge < -0.3 is 20.3 Å². The third-order valence-electron chi connectivity index (χ3n) is 4.29. The summed E-state index contributed by atoms with van der Waals surface area (Å²) < 4.78 is 5.82. The van der Waals surface area contributed by atoms with Gasteiger partial charge in [0, 0.05) is 31.9 Å². The van der Waals surface area contributed by atoms with Crippen molar-refractivity contribution in [3.63, 3.8) is 0 Å². The minimum absolute atomic E-state index is 0.0977. The lowest BCUT2D eigenvalue weighted by atomic mass is 10.1. The molecule has 0 bridgehead atoms. The Morgan fingerprint density at radius 2 is 1.79 bits per heavy atom. The summed E-state index contributed by atoms with van der Waals surface area (Å²) in [5, 5.41) is 0. The van der Waals surface area contributed by atoms with Gasteiger partial charge in [-0.05, 0) is 44.9 Å². The zero-order valence-corrected chi connectivity index (χ0v) is 15.4. The third kappa shape index (κ3) is 4.41. The molecule has 2 unspecified atom stereocenters. The molecular weight excluding hydrogens is 302 g/mol. The second kappa shape index (κ2) is 8.38. The maximum Gasteiger partial charge on any atom is 0.255 e. The van der Waals surface area contributed by atoms with Crippen LogP contribution in [0, 0.1) is 0 Å². The SMILES string of the molecule is CCCN(CCC)C(=O)c1ccc(N)cc1N1CC(C)OC(C)C1. The summed E-state index contributed by atoms with van der Waals surface area (Å²) in [6.07, 6.45) is 2.20. The Labute approximate surface area is 145 Å². The molecule has 134 valence electrons. The smallest absolute Gasteiger partial charge is 0.255 e. The summed E-state index contributed by atoms with van der Waals surface area (Å²) in [7, 11) is 0. The van der Waals surface area contributed by atoms with Gasteiger partial charge in [0.25, 0.3) is 5.91 Å². The molecule has 0 saturated carbocycles. The monoisotopic (exact) mass is 333 g/mol. The predicted molar refractivity (Wildman–Crippen MR) is 99.6 cm³/mol. The van der Waals surface area contributed by atoms with Crippen molar-refractivity contribution in [3.05, 3.63) is 23.8 Å². The first-order valence-corrected chi connectivity index (χ1v) is 9.05. The quantitative estimate of drug-likeness (QED) is 0.813. The summed E-state index contributed by atoms with van der Waals surface area (Å²) in [5.41, 5.74) is 8.37. The lowest BCUT2D eigenvalue weighted by Gasteiger charge is -2.38. The number of benzene rings is 1. The molecule has 1 saturated heterocycles. The Bertz CT molecular complexity index is 546. The van der Waals surface area contributed by atoms with Gasteiger partial charge in [-0.3, -0.25) is 4.79 Å². The molecule has 1 heterocycles. The van der Waals surface area contributed by atoms with Gasteiger partial charge >= 0.3 is 0 Å². The van der Waals surface area contributed by atoms with Crippen molar-refractivity contribution >= 4 is 17.3 Å². The van der Waals surface area contributed by atoms with Crippen LogP contribution in [0.4, 0.5) is 11.4 Å². The van der Waals surface area contributed by atoms with Crippen molar-refractivity contribution in [1.82, 2.24) is 4.90 Å². The molecule has 24 heavy (non-hydrogen) atoms. The number of hydrogen-bond donors (Lipinski definition) is 1. The average Bonchev–Trinajstić information content (AvgIpc) is 2.53. The molecule has 2 atom stereocenters. The van der Waals surface area contributed by atoms with Crippen molar-refractivity contribution < 1.29 is 9.53 Å². The number of ether oxygens (including phenoxy) is 1. The van der Waals surface area contributed by atoms with Gasteiger partial charge in [0.15, 0.2) is 0 Å². The molecule has 1 aromatic rings. The number of carbonyl (C=O) groups is 1. The van der Waals surface area contributed by atoms with Crippen LogP contribution in [0.15, 0.2) is 18.2 Å². The highest BCUT2D eigenvalue weighted by atomic mass is 16.5. The zero-order chi connectivity index (χ0) is 17.7. The Balaban J connectivity index is 2.34. The van der Waals surface area contributed by atoms with Crippen LogP contribution in [0.2, 0.25) is 0 Å². The molecule has 1 amide bonds.